The number of fused-ring (bicyclic) bond motifs is 1. The molecule has 0 aliphatic rings. The molecule has 0 aliphatic heterocycles. The Morgan fingerprint density at radius 2 is 1.56 bits per heavy atom. The van der Waals surface area contributed by atoms with E-state index in [0.29, 0.717) is 18.7 Å². The van der Waals surface area contributed by atoms with Gasteiger partial charge in [0.2, 0.25) is 5.88 Å². The molecular weight excluding hydrogens is 448 g/mol. The summed E-state index contributed by atoms with van der Waals surface area (Å²) >= 11 is 0. The van der Waals surface area contributed by atoms with Crippen LogP contribution < -0.4 is 9.47 Å². The van der Waals surface area contributed by atoms with E-state index in [1.807, 2.05) is 68.7 Å². The fraction of sp³-hybridized carbons (Fsp3) is 0.323. The highest BCUT2D eigenvalue weighted by Crippen LogP contribution is 2.44. The van der Waals surface area contributed by atoms with Gasteiger partial charge in [0.05, 0.1) is 25.3 Å². The molecule has 3 aromatic carbocycles. The van der Waals surface area contributed by atoms with E-state index in [1.54, 1.807) is 14.2 Å². The van der Waals surface area contributed by atoms with Crippen molar-refractivity contribution in [3.05, 3.63) is 102 Å². The third kappa shape index (κ3) is 5.86. The Morgan fingerprint density at radius 1 is 0.861 bits per heavy atom. The lowest BCUT2D eigenvalue weighted by Crippen LogP contribution is -2.40. The van der Waals surface area contributed by atoms with Crippen molar-refractivity contribution < 1.29 is 14.6 Å². The van der Waals surface area contributed by atoms with Gasteiger partial charge in [-0.1, -0.05) is 60.7 Å². The Labute approximate surface area is 214 Å². The molecule has 4 rings (SSSR count). The Kier molecular flexibility index (Phi) is 8.24. The van der Waals surface area contributed by atoms with Crippen LogP contribution in [0.5, 0.6) is 11.6 Å². The fourth-order valence-electron chi connectivity index (χ4n) is 4.91. The van der Waals surface area contributed by atoms with Gasteiger partial charge < -0.3 is 19.5 Å². The lowest BCUT2D eigenvalue weighted by Gasteiger charge is -2.38. The summed E-state index contributed by atoms with van der Waals surface area (Å²) in [4.78, 5) is 6.96. The molecule has 0 spiro atoms. The molecule has 0 radical (unpaired) electrons. The molecule has 0 unspecified atom stereocenters. The number of benzene rings is 3. The number of ether oxygens (including phenoxy) is 2. The zero-order valence-electron chi connectivity index (χ0n) is 21.6. The van der Waals surface area contributed by atoms with Crippen molar-refractivity contribution in [3.63, 3.8) is 0 Å². The van der Waals surface area contributed by atoms with Gasteiger partial charge in [0.15, 0.2) is 0 Å². The molecule has 0 amide bonds. The molecule has 5 nitrogen and oxygen atoms in total. The first-order valence-corrected chi connectivity index (χ1v) is 12.4. The number of methoxy groups -OCH3 is 2. The first-order valence-electron chi connectivity index (χ1n) is 12.4. The van der Waals surface area contributed by atoms with Crippen LogP contribution in [-0.2, 0) is 6.42 Å². The summed E-state index contributed by atoms with van der Waals surface area (Å²) in [6, 6.07) is 28.5. The molecule has 0 fully saturated rings. The van der Waals surface area contributed by atoms with Gasteiger partial charge in [-0.25, -0.2) is 4.98 Å². The number of hydrogen-bond acceptors (Lipinski definition) is 5. The third-order valence-electron chi connectivity index (χ3n) is 6.87. The van der Waals surface area contributed by atoms with E-state index < -0.39 is 5.60 Å². The summed E-state index contributed by atoms with van der Waals surface area (Å²) in [6.07, 6.45) is 1.97. The molecule has 2 atom stereocenters. The van der Waals surface area contributed by atoms with Crippen LogP contribution in [0.25, 0.3) is 10.9 Å². The van der Waals surface area contributed by atoms with E-state index in [2.05, 4.69) is 35.2 Å². The lowest BCUT2D eigenvalue weighted by atomic mass is 9.72. The monoisotopic (exact) mass is 484 g/mol. The largest absolute Gasteiger partial charge is 0.497 e. The maximum absolute atomic E-state index is 12.5. The smallest absolute Gasteiger partial charge is 0.217 e. The minimum Gasteiger partial charge on any atom is -0.497 e. The predicted octanol–water partition coefficient (Wildman–Crippen LogP) is 5.70. The zero-order chi connectivity index (χ0) is 25.5. The second-order valence-corrected chi connectivity index (χ2v) is 9.63. The third-order valence-corrected chi connectivity index (χ3v) is 6.87. The number of aliphatic hydroxyl groups is 1. The number of aryl methyl sites for hydroxylation is 1. The second-order valence-electron chi connectivity index (χ2n) is 9.63. The summed E-state index contributed by atoms with van der Waals surface area (Å²) < 4.78 is 11.3. The molecule has 1 heterocycles. The van der Waals surface area contributed by atoms with Crippen LogP contribution in [0.1, 0.15) is 35.4 Å². The molecule has 188 valence electrons. The molecule has 5 heteroatoms. The normalized spacial score (nSPS) is 13.9. The number of aromatic nitrogens is 1. The Balaban J connectivity index is 1.88. The van der Waals surface area contributed by atoms with Gasteiger partial charge in [-0.05, 0) is 68.8 Å². The number of rotatable bonds is 11. The van der Waals surface area contributed by atoms with E-state index in [-0.39, 0.29) is 5.92 Å². The van der Waals surface area contributed by atoms with Crippen molar-refractivity contribution in [1.82, 2.24) is 9.88 Å². The van der Waals surface area contributed by atoms with Gasteiger partial charge in [-0.15, -0.1) is 0 Å². The molecule has 0 saturated heterocycles. The molecule has 0 bridgehead atoms. The van der Waals surface area contributed by atoms with E-state index in [0.717, 1.165) is 40.7 Å². The van der Waals surface area contributed by atoms with Gasteiger partial charge in [0.25, 0.3) is 0 Å². The highest BCUT2D eigenvalue weighted by molar-refractivity contribution is 5.82. The molecule has 1 N–H and O–H groups in total. The fourth-order valence-corrected chi connectivity index (χ4v) is 4.91. The molecular formula is C31H36N2O3. The predicted molar refractivity (Wildman–Crippen MR) is 146 cm³/mol. The van der Waals surface area contributed by atoms with Gasteiger partial charge >= 0.3 is 0 Å². The summed E-state index contributed by atoms with van der Waals surface area (Å²) in [5.74, 6) is 0.966. The van der Waals surface area contributed by atoms with E-state index in [1.165, 1.54) is 5.56 Å². The average molecular weight is 485 g/mol. The topological polar surface area (TPSA) is 54.8 Å². The van der Waals surface area contributed by atoms with Crippen LogP contribution in [-0.4, -0.2) is 55.5 Å². The van der Waals surface area contributed by atoms with Gasteiger partial charge in [0, 0.05) is 23.4 Å². The van der Waals surface area contributed by atoms with Gasteiger partial charge in [0.1, 0.15) is 5.75 Å². The van der Waals surface area contributed by atoms with Crippen molar-refractivity contribution in [2.24, 2.45) is 0 Å². The molecule has 36 heavy (non-hydrogen) atoms. The summed E-state index contributed by atoms with van der Waals surface area (Å²) in [5.41, 5.74) is 2.90. The Bertz CT molecular complexity index is 1260. The number of pyridine rings is 1. The first kappa shape index (κ1) is 25.7. The van der Waals surface area contributed by atoms with Crippen LogP contribution in [0.2, 0.25) is 0 Å². The number of nitrogens with zero attached hydrogens (tertiary/aromatic N) is 2. The summed E-state index contributed by atoms with van der Waals surface area (Å²) in [5, 5.41) is 13.5. The standard InChI is InChI=1S/C31H36N2O3/c1-33(2)20-19-31(34,18-17-23-11-7-5-8-12-23)29(24-13-9-6-10-14-24)27-22-25-21-26(35-3)15-16-28(25)32-30(27)36-4/h5-16,21-22,29,34H,17-20H2,1-4H3/t29-,31+/m1/s1. The van der Waals surface area contributed by atoms with E-state index >= 15 is 0 Å². The minimum absolute atomic E-state index is 0.333. The number of hydrogen-bond donors (Lipinski definition) is 1. The minimum atomic E-state index is -1.04. The van der Waals surface area contributed by atoms with Crippen molar-refractivity contribution in [2.75, 3.05) is 34.9 Å². The SMILES string of the molecule is COc1ccc2nc(OC)c([C@@H](c3ccccc3)[C@](O)(CCc3ccccc3)CCN(C)C)cc2c1. The van der Waals surface area contributed by atoms with Crippen LogP contribution >= 0.6 is 0 Å². The quantitative estimate of drug-likeness (QED) is 0.296. The Hall–Kier alpha value is -3.41. The van der Waals surface area contributed by atoms with Crippen molar-refractivity contribution in [3.8, 4) is 11.6 Å². The van der Waals surface area contributed by atoms with E-state index in [9.17, 15) is 5.11 Å². The first-order chi connectivity index (χ1) is 17.4. The van der Waals surface area contributed by atoms with Crippen molar-refractivity contribution >= 4 is 10.9 Å². The molecule has 1 aromatic heterocycles. The van der Waals surface area contributed by atoms with Crippen molar-refractivity contribution in [1.29, 1.82) is 0 Å². The highest BCUT2D eigenvalue weighted by Gasteiger charge is 2.40. The second kappa shape index (κ2) is 11.5. The van der Waals surface area contributed by atoms with Gasteiger partial charge in [-0.3, -0.25) is 0 Å². The highest BCUT2D eigenvalue weighted by atomic mass is 16.5. The van der Waals surface area contributed by atoms with Gasteiger partial charge in [-0.2, -0.15) is 0 Å². The van der Waals surface area contributed by atoms with E-state index in [4.69, 9.17) is 14.5 Å². The van der Waals surface area contributed by atoms with Crippen LogP contribution in [0.3, 0.4) is 0 Å². The molecule has 0 aliphatic carbocycles. The molecule has 0 saturated carbocycles. The summed E-state index contributed by atoms with van der Waals surface area (Å²) in [7, 11) is 7.39. The maximum Gasteiger partial charge on any atom is 0.217 e. The lowest BCUT2D eigenvalue weighted by molar-refractivity contribution is 0.000777. The zero-order valence-corrected chi connectivity index (χ0v) is 21.6. The molecule has 4 aromatic rings. The van der Waals surface area contributed by atoms with Crippen LogP contribution in [0, 0.1) is 0 Å². The summed E-state index contributed by atoms with van der Waals surface area (Å²) in [6.45, 7) is 0.756. The Morgan fingerprint density at radius 3 is 2.19 bits per heavy atom. The van der Waals surface area contributed by atoms with Crippen molar-refractivity contribution in [2.45, 2.75) is 30.8 Å². The van der Waals surface area contributed by atoms with Crippen LogP contribution in [0.4, 0.5) is 0 Å². The maximum atomic E-state index is 12.5. The van der Waals surface area contributed by atoms with Crippen LogP contribution in [0.15, 0.2) is 84.9 Å². The average Bonchev–Trinajstić information content (AvgIpc) is 2.91.